The molecule has 3 heterocycles. The van der Waals surface area contributed by atoms with Gasteiger partial charge in [0.15, 0.2) is 0 Å². The Kier molecular flexibility index (Phi) is 5.43. The normalized spacial score (nSPS) is 11.2. The first-order valence-electron chi connectivity index (χ1n) is 9.11. The number of amides is 1. The van der Waals surface area contributed by atoms with Gasteiger partial charge in [0.05, 0.1) is 30.0 Å². The number of hydrogen-bond donors (Lipinski definition) is 1. The maximum Gasteiger partial charge on any atom is 0.224 e. The quantitative estimate of drug-likeness (QED) is 0.468. The van der Waals surface area contributed by atoms with E-state index in [9.17, 15) is 4.79 Å². The molecule has 1 N–H and O–H groups in total. The summed E-state index contributed by atoms with van der Waals surface area (Å²) in [6.45, 7) is 4.26. The molecule has 0 saturated carbocycles. The standard InChI is InChI=1S/C21H19BrClN5O/c1-13-19(14(2)28(26-13)18-6-4-16(23)5-7-18)9-21(29)24-10-17-12-27-11-15(22)3-8-20(27)25-17/h3-8,11-12H,9-10H2,1-2H3,(H,24,29). The van der Waals surface area contributed by atoms with Crippen LogP contribution in [0.1, 0.15) is 22.6 Å². The smallest absolute Gasteiger partial charge is 0.224 e. The topological polar surface area (TPSA) is 64.2 Å². The first kappa shape index (κ1) is 19.7. The third-order valence-corrected chi connectivity index (χ3v) is 5.50. The molecule has 0 aliphatic rings. The van der Waals surface area contributed by atoms with Crippen LogP contribution in [0, 0.1) is 13.8 Å². The zero-order valence-corrected chi connectivity index (χ0v) is 18.3. The summed E-state index contributed by atoms with van der Waals surface area (Å²) in [5, 5.41) is 8.22. The summed E-state index contributed by atoms with van der Waals surface area (Å²) < 4.78 is 4.74. The summed E-state index contributed by atoms with van der Waals surface area (Å²) in [5.41, 5.74) is 5.27. The highest BCUT2D eigenvalue weighted by atomic mass is 79.9. The van der Waals surface area contributed by atoms with Gasteiger partial charge in [-0.15, -0.1) is 0 Å². The lowest BCUT2D eigenvalue weighted by Gasteiger charge is -2.06. The first-order chi connectivity index (χ1) is 13.9. The van der Waals surface area contributed by atoms with Crippen molar-refractivity contribution in [3.8, 4) is 5.69 Å². The Morgan fingerprint density at radius 3 is 2.66 bits per heavy atom. The van der Waals surface area contributed by atoms with Gasteiger partial charge >= 0.3 is 0 Å². The van der Waals surface area contributed by atoms with Crippen LogP contribution < -0.4 is 5.32 Å². The van der Waals surface area contributed by atoms with E-state index < -0.39 is 0 Å². The minimum atomic E-state index is -0.0647. The number of imidazole rings is 1. The van der Waals surface area contributed by atoms with E-state index in [1.807, 2.05) is 71.7 Å². The van der Waals surface area contributed by atoms with Crippen LogP contribution in [0.5, 0.6) is 0 Å². The Hall–Kier alpha value is -2.64. The van der Waals surface area contributed by atoms with Gasteiger partial charge in [-0.2, -0.15) is 5.10 Å². The Bertz CT molecular complexity index is 1200. The van der Waals surface area contributed by atoms with Gasteiger partial charge < -0.3 is 9.72 Å². The summed E-state index contributed by atoms with van der Waals surface area (Å²) in [6.07, 6.45) is 4.12. The molecule has 0 bridgehead atoms. The number of benzene rings is 1. The van der Waals surface area contributed by atoms with Crippen molar-refractivity contribution in [2.75, 3.05) is 0 Å². The van der Waals surface area contributed by atoms with Crippen molar-refractivity contribution in [3.05, 3.63) is 80.9 Å². The van der Waals surface area contributed by atoms with E-state index in [0.29, 0.717) is 11.6 Å². The highest BCUT2D eigenvalue weighted by Crippen LogP contribution is 2.20. The maximum atomic E-state index is 12.5. The van der Waals surface area contributed by atoms with Crippen molar-refractivity contribution < 1.29 is 4.79 Å². The van der Waals surface area contributed by atoms with Crippen molar-refractivity contribution in [3.63, 3.8) is 0 Å². The fraction of sp³-hybridized carbons (Fsp3) is 0.190. The summed E-state index contributed by atoms with van der Waals surface area (Å²) in [4.78, 5) is 17.1. The lowest BCUT2D eigenvalue weighted by Crippen LogP contribution is -2.25. The van der Waals surface area contributed by atoms with Crippen molar-refractivity contribution >= 4 is 39.1 Å². The second-order valence-electron chi connectivity index (χ2n) is 6.84. The lowest BCUT2D eigenvalue weighted by atomic mass is 10.1. The van der Waals surface area contributed by atoms with E-state index in [1.54, 1.807) is 0 Å². The van der Waals surface area contributed by atoms with Crippen LogP contribution in [-0.2, 0) is 17.8 Å². The molecule has 8 heteroatoms. The minimum Gasteiger partial charge on any atom is -0.350 e. The molecule has 1 amide bonds. The molecule has 148 valence electrons. The molecule has 0 unspecified atom stereocenters. The molecule has 0 aliphatic heterocycles. The van der Waals surface area contributed by atoms with Crippen molar-refractivity contribution in [2.24, 2.45) is 0 Å². The number of fused-ring (bicyclic) bond motifs is 1. The van der Waals surface area contributed by atoms with E-state index in [0.717, 1.165) is 38.5 Å². The molecule has 4 aromatic rings. The van der Waals surface area contributed by atoms with Crippen molar-refractivity contribution in [1.29, 1.82) is 0 Å². The number of rotatable bonds is 5. The number of halogens is 2. The predicted octanol–water partition coefficient (Wildman–Crippen LogP) is 4.41. The number of carbonyl (C=O) groups is 1. The Morgan fingerprint density at radius 2 is 1.90 bits per heavy atom. The van der Waals surface area contributed by atoms with Gasteiger partial charge in [-0.3, -0.25) is 4.79 Å². The predicted molar refractivity (Wildman–Crippen MR) is 116 cm³/mol. The molecular formula is C21H19BrClN5O. The average molecular weight is 473 g/mol. The zero-order chi connectivity index (χ0) is 20.5. The van der Waals surface area contributed by atoms with Gasteiger partial charge in [0.2, 0.25) is 5.91 Å². The molecule has 29 heavy (non-hydrogen) atoms. The average Bonchev–Trinajstić information content (AvgIpc) is 3.22. The number of hydrogen-bond acceptors (Lipinski definition) is 3. The maximum absolute atomic E-state index is 12.5. The molecule has 1 aromatic carbocycles. The highest BCUT2D eigenvalue weighted by molar-refractivity contribution is 9.10. The monoisotopic (exact) mass is 471 g/mol. The third kappa shape index (κ3) is 4.21. The lowest BCUT2D eigenvalue weighted by molar-refractivity contribution is -0.120. The van der Waals surface area contributed by atoms with E-state index in [-0.39, 0.29) is 12.3 Å². The van der Waals surface area contributed by atoms with Crippen LogP contribution in [0.3, 0.4) is 0 Å². The largest absolute Gasteiger partial charge is 0.350 e. The van der Waals surface area contributed by atoms with Crippen LogP contribution >= 0.6 is 27.5 Å². The number of pyridine rings is 1. The molecular weight excluding hydrogens is 454 g/mol. The van der Waals surface area contributed by atoms with E-state index in [4.69, 9.17) is 11.6 Å². The molecule has 0 radical (unpaired) electrons. The summed E-state index contributed by atoms with van der Waals surface area (Å²) >= 11 is 9.42. The summed E-state index contributed by atoms with van der Waals surface area (Å²) in [6, 6.07) is 11.3. The minimum absolute atomic E-state index is 0.0647. The second kappa shape index (κ2) is 8.00. The second-order valence-corrected chi connectivity index (χ2v) is 8.19. The molecule has 0 spiro atoms. The van der Waals surface area contributed by atoms with Gasteiger partial charge in [-0.25, -0.2) is 9.67 Å². The number of carbonyl (C=O) groups excluding carboxylic acids is 1. The van der Waals surface area contributed by atoms with Crippen molar-refractivity contribution in [2.45, 2.75) is 26.8 Å². The van der Waals surface area contributed by atoms with Crippen LogP contribution in [0.2, 0.25) is 5.02 Å². The zero-order valence-electron chi connectivity index (χ0n) is 16.0. The number of nitrogens with zero attached hydrogens (tertiary/aromatic N) is 4. The molecule has 0 fully saturated rings. The van der Waals surface area contributed by atoms with Crippen LogP contribution in [0.15, 0.2) is 53.3 Å². The molecule has 6 nitrogen and oxygen atoms in total. The summed E-state index contributed by atoms with van der Waals surface area (Å²) in [7, 11) is 0. The van der Waals surface area contributed by atoms with Gasteiger partial charge in [0, 0.05) is 33.1 Å². The molecule has 3 aromatic heterocycles. The third-order valence-electron chi connectivity index (χ3n) is 4.78. The number of nitrogens with one attached hydrogen (secondary N) is 1. The Balaban J connectivity index is 1.46. The van der Waals surface area contributed by atoms with E-state index in [1.165, 1.54) is 0 Å². The Morgan fingerprint density at radius 1 is 1.14 bits per heavy atom. The first-order valence-corrected chi connectivity index (χ1v) is 10.3. The van der Waals surface area contributed by atoms with Gasteiger partial charge in [0.1, 0.15) is 5.65 Å². The van der Waals surface area contributed by atoms with Gasteiger partial charge in [0.25, 0.3) is 0 Å². The number of aryl methyl sites for hydroxylation is 1. The van der Waals surface area contributed by atoms with Gasteiger partial charge in [-0.1, -0.05) is 11.6 Å². The Labute approximate surface area is 181 Å². The van der Waals surface area contributed by atoms with E-state index >= 15 is 0 Å². The molecule has 0 aliphatic carbocycles. The molecule has 4 rings (SSSR count). The fourth-order valence-corrected chi connectivity index (χ4v) is 3.76. The van der Waals surface area contributed by atoms with Crippen LogP contribution in [0.4, 0.5) is 0 Å². The van der Waals surface area contributed by atoms with Crippen LogP contribution in [-0.4, -0.2) is 25.1 Å². The fourth-order valence-electron chi connectivity index (χ4n) is 3.28. The summed E-state index contributed by atoms with van der Waals surface area (Å²) in [5.74, 6) is -0.0647. The molecule has 0 atom stereocenters. The van der Waals surface area contributed by atoms with E-state index in [2.05, 4.69) is 31.3 Å². The van der Waals surface area contributed by atoms with Gasteiger partial charge in [-0.05, 0) is 66.2 Å². The SMILES string of the molecule is Cc1nn(-c2ccc(Cl)cc2)c(C)c1CC(=O)NCc1cn2cc(Br)ccc2n1. The van der Waals surface area contributed by atoms with Crippen molar-refractivity contribution in [1.82, 2.24) is 24.5 Å². The van der Waals surface area contributed by atoms with Crippen LogP contribution in [0.25, 0.3) is 11.3 Å². The highest BCUT2D eigenvalue weighted by Gasteiger charge is 2.16. The number of aromatic nitrogens is 4. The molecule has 0 saturated heterocycles.